The van der Waals surface area contributed by atoms with Gasteiger partial charge in [0.15, 0.2) is 6.29 Å². The lowest BCUT2D eigenvalue weighted by Gasteiger charge is -2.35. The number of fused-ring (bicyclic) bond motifs is 2. The standard InChI is InChI=1S/C38H57NO7S/c1-5-28(40)22-7-11-24(12-8-22)37(42)45-31-17-18-32(46-38(43)25-13-9-23(10-14-25)29(41)6-2)35-34(31)39-36(47-35)33-20-27-19-26(21(3)4)15-16-30(27)44-33/h17-25,27-30,34-37,39-42H,5-16H2,1-4H3. The van der Waals surface area contributed by atoms with Crippen molar-refractivity contribution in [2.75, 3.05) is 0 Å². The minimum absolute atomic E-state index is 0.00927. The maximum Gasteiger partial charge on any atom is 0.314 e. The fourth-order valence-corrected chi connectivity index (χ4v) is 10.0. The molecule has 1 saturated heterocycles. The molecule has 9 heteroatoms. The molecule has 0 spiro atoms. The van der Waals surface area contributed by atoms with Crippen molar-refractivity contribution in [3.8, 4) is 0 Å². The van der Waals surface area contributed by atoms with Gasteiger partial charge in [-0.25, -0.2) is 0 Å². The summed E-state index contributed by atoms with van der Waals surface area (Å²) in [5.74, 6) is 3.19. The zero-order chi connectivity index (χ0) is 33.2. The maximum atomic E-state index is 13.4. The highest BCUT2D eigenvalue weighted by Gasteiger charge is 2.48. The molecule has 0 amide bonds. The average Bonchev–Trinajstić information content (AvgIpc) is 3.74. The van der Waals surface area contributed by atoms with Crippen LogP contribution < -0.4 is 5.32 Å². The molecule has 2 saturated carbocycles. The van der Waals surface area contributed by atoms with E-state index in [2.05, 4.69) is 31.3 Å². The number of thioether (sulfide) groups is 1. The first-order chi connectivity index (χ1) is 22.6. The molecule has 0 aromatic heterocycles. The van der Waals surface area contributed by atoms with Gasteiger partial charge in [0, 0.05) is 11.8 Å². The molecule has 8 nitrogen and oxygen atoms in total. The zero-order valence-corrected chi connectivity index (χ0v) is 29.5. The molecule has 0 aromatic rings. The maximum absolute atomic E-state index is 13.4. The fourth-order valence-electron chi connectivity index (χ4n) is 8.62. The van der Waals surface area contributed by atoms with E-state index in [1.807, 2.05) is 26.0 Å². The lowest BCUT2D eigenvalue weighted by Crippen LogP contribution is -2.41. The van der Waals surface area contributed by atoms with Crippen LogP contribution in [0.1, 0.15) is 105 Å². The second kappa shape index (κ2) is 15.4. The van der Waals surface area contributed by atoms with Crippen molar-refractivity contribution in [1.82, 2.24) is 5.32 Å². The third-order valence-corrected chi connectivity index (χ3v) is 13.3. The van der Waals surface area contributed by atoms with E-state index >= 15 is 0 Å². The molecule has 0 radical (unpaired) electrons. The van der Waals surface area contributed by atoms with E-state index in [1.54, 1.807) is 11.8 Å². The van der Waals surface area contributed by atoms with Crippen molar-refractivity contribution in [3.05, 3.63) is 47.2 Å². The number of allylic oxidation sites excluding steroid dienone is 3. The van der Waals surface area contributed by atoms with Gasteiger partial charge in [-0.15, -0.1) is 11.8 Å². The summed E-state index contributed by atoms with van der Waals surface area (Å²) in [6.45, 7) is 8.53. The number of rotatable bonds is 11. The average molecular weight is 672 g/mol. The van der Waals surface area contributed by atoms with Gasteiger partial charge in [0.05, 0.1) is 29.4 Å². The minimum atomic E-state index is -0.942. The topological polar surface area (TPSA) is 117 Å². The molecule has 0 bridgehead atoms. The smallest absolute Gasteiger partial charge is 0.314 e. The van der Waals surface area contributed by atoms with Crippen LogP contribution in [0.5, 0.6) is 0 Å². The van der Waals surface area contributed by atoms with Gasteiger partial charge in [0.1, 0.15) is 28.8 Å². The van der Waals surface area contributed by atoms with Crippen LogP contribution in [0, 0.1) is 35.5 Å². The second-order valence-corrected chi connectivity index (χ2v) is 16.4. The first-order valence-electron chi connectivity index (χ1n) is 18.5. The highest BCUT2D eigenvalue weighted by molar-refractivity contribution is 8.01. The number of carbonyl (C=O) groups excluding carboxylic acids is 1. The molecule has 3 fully saturated rings. The lowest BCUT2D eigenvalue weighted by atomic mass is 9.78. The molecule has 4 aliphatic carbocycles. The highest BCUT2D eigenvalue weighted by atomic mass is 32.2. The zero-order valence-electron chi connectivity index (χ0n) is 28.7. The molecule has 47 heavy (non-hydrogen) atoms. The van der Waals surface area contributed by atoms with Crippen LogP contribution in [-0.4, -0.2) is 62.6 Å². The monoisotopic (exact) mass is 671 g/mol. The van der Waals surface area contributed by atoms with Gasteiger partial charge in [0.25, 0.3) is 0 Å². The molecule has 6 aliphatic rings. The Labute approximate surface area is 285 Å². The Morgan fingerprint density at radius 1 is 0.894 bits per heavy atom. The summed E-state index contributed by atoms with van der Waals surface area (Å²) in [5, 5.41) is 35.3. The molecule has 8 unspecified atom stereocenters. The normalized spacial score (nSPS) is 37.3. The van der Waals surface area contributed by atoms with E-state index in [4.69, 9.17) is 14.2 Å². The summed E-state index contributed by atoms with van der Waals surface area (Å²) in [6.07, 6.45) is 17.1. The van der Waals surface area contributed by atoms with Crippen LogP contribution in [0.4, 0.5) is 0 Å². The SMILES string of the molecule is CCC(O)C1CCC(C(=O)OC2=CC=C(OC(O)C3CCC(C(O)CC)CC3)C3NC(C4=CC5C=C(C(C)C)CCC5O4)SC23)CC1. The van der Waals surface area contributed by atoms with Crippen LogP contribution >= 0.6 is 11.8 Å². The van der Waals surface area contributed by atoms with Crippen LogP contribution in [0.15, 0.2) is 47.2 Å². The van der Waals surface area contributed by atoms with Gasteiger partial charge in [-0.2, -0.15) is 0 Å². The predicted octanol–water partition coefficient (Wildman–Crippen LogP) is 6.48. The van der Waals surface area contributed by atoms with Crippen LogP contribution in [0.2, 0.25) is 0 Å². The van der Waals surface area contributed by atoms with Crippen LogP contribution in [-0.2, 0) is 19.0 Å². The third-order valence-electron chi connectivity index (χ3n) is 11.8. The van der Waals surface area contributed by atoms with Crippen LogP contribution in [0.25, 0.3) is 0 Å². The van der Waals surface area contributed by atoms with Gasteiger partial charge in [-0.3, -0.25) is 10.1 Å². The van der Waals surface area contributed by atoms with E-state index in [0.717, 1.165) is 82.8 Å². The van der Waals surface area contributed by atoms with Crippen molar-refractivity contribution in [2.45, 2.75) is 146 Å². The number of aliphatic hydroxyl groups is 3. The van der Waals surface area contributed by atoms with Crippen molar-refractivity contribution in [3.63, 3.8) is 0 Å². The first-order valence-corrected chi connectivity index (χ1v) is 19.4. The van der Waals surface area contributed by atoms with E-state index in [9.17, 15) is 20.1 Å². The summed E-state index contributed by atoms with van der Waals surface area (Å²) in [5.41, 5.74) is 1.49. The van der Waals surface area contributed by atoms with Crippen molar-refractivity contribution >= 4 is 17.7 Å². The quantitative estimate of drug-likeness (QED) is 0.111. The van der Waals surface area contributed by atoms with Gasteiger partial charge in [-0.05, 0) is 113 Å². The molecule has 262 valence electrons. The Balaban J connectivity index is 1.15. The number of esters is 1. The number of nitrogens with one attached hydrogen (secondary N) is 1. The van der Waals surface area contributed by atoms with E-state index in [1.165, 1.54) is 5.57 Å². The Bertz CT molecular complexity index is 1230. The van der Waals surface area contributed by atoms with Crippen molar-refractivity contribution < 1.29 is 34.3 Å². The Morgan fingerprint density at radius 3 is 2.15 bits per heavy atom. The third kappa shape index (κ3) is 7.85. The minimum Gasteiger partial charge on any atom is -0.492 e. The summed E-state index contributed by atoms with van der Waals surface area (Å²) >= 11 is 1.69. The Hall–Kier alpha value is -1.78. The van der Waals surface area contributed by atoms with Crippen LogP contribution in [0.3, 0.4) is 0 Å². The summed E-state index contributed by atoms with van der Waals surface area (Å²) in [4.78, 5) is 13.4. The predicted molar refractivity (Wildman–Crippen MR) is 184 cm³/mol. The molecule has 2 aliphatic heterocycles. The number of carbonyl (C=O) groups is 1. The Morgan fingerprint density at radius 2 is 1.51 bits per heavy atom. The second-order valence-electron chi connectivity index (χ2n) is 15.1. The van der Waals surface area contributed by atoms with Gasteiger partial charge >= 0.3 is 5.97 Å². The van der Waals surface area contributed by atoms with Gasteiger partial charge < -0.3 is 29.5 Å². The number of hydrogen-bond acceptors (Lipinski definition) is 9. The summed E-state index contributed by atoms with van der Waals surface area (Å²) in [6, 6.07) is -0.282. The molecule has 4 N–H and O–H groups in total. The van der Waals surface area contributed by atoms with E-state index in [0.29, 0.717) is 17.4 Å². The summed E-state index contributed by atoms with van der Waals surface area (Å²) < 4.78 is 19.0. The number of hydrogen-bond donors (Lipinski definition) is 4. The van der Waals surface area contributed by atoms with Crippen molar-refractivity contribution in [2.24, 2.45) is 35.5 Å². The first kappa shape index (κ1) is 35.1. The largest absolute Gasteiger partial charge is 0.492 e. The number of ether oxygens (including phenoxy) is 3. The number of aliphatic hydroxyl groups excluding tert-OH is 3. The lowest BCUT2D eigenvalue weighted by molar-refractivity contribution is -0.146. The molecule has 2 heterocycles. The van der Waals surface area contributed by atoms with Gasteiger partial charge in [0.2, 0.25) is 0 Å². The fraction of sp³-hybridized carbons (Fsp3) is 0.763. The van der Waals surface area contributed by atoms with E-state index in [-0.39, 0.29) is 70.5 Å². The van der Waals surface area contributed by atoms with Crippen molar-refractivity contribution in [1.29, 1.82) is 0 Å². The molecular formula is C38H57NO7S. The summed E-state index contributed by atoms with van der Waals surface area (Å²) in [7, 11) is 0. The molecule has 0 aromatic carbocycles. The molecule has 8 atom stereocenters. The molecular weight excluding hydrogens is 614 g/mol. The molecule has 6 rings (SSSR count). The highest BCUT2D eigenvalue weighted by Crippen LogP contribution is 2.46. The van der Waals surface area contributed by atoms with E-state index < -0.39 is 6.29 Å². The Kier molecular flexibility index (Phi) is 11.5. The van der Waals surface area contributed by atoms with Gasteiger partial charge in [-0.1, -0.05) is 39.3 Å².